The summed E-state index contributed by atoms with van der Waals surface area (Å²) in [5.74, 6) is 0.492. The second kappa shape index (κ2) is 9.37. The van der Waals surface area contributed by atoms with E-state index >= 15 is 0 Å². The molecular weight excluding hydrogens is 370 g/mol. The van der Waals surface area contributed by atoms with E-state index in [0.29, 0.717) is 30.3 Å². The number of carbonyl (C=O) groups is 1. The van der Waals surface area contributed by atoms with Crippen molar-refractivity contribution in [3.05, 3.63) is 40.5 Å². The van der Waals surface area contributed by atoms with Gasteiger partial charge in [-0.2, -0.15) is 5.10 Å². The van der Waals surface area contributed by atoms with Crippen LogP contribution in [0.5, 0.6) is 5.75 Å². The van der Waals surface area contributed by atoms with Gasteiger partial charge in [-0.1, -0.05) is 0 Å². The van der Waals surface area contributed by atoms with E-state index in [4.69, 9.17) is 0 Å². The maximum atomic E-state index is 12.3. The largest absolute Gasteiger partial charge is 0.506 e. The van der Waals surface area contributed by atoms with Crippen LogP contribution in [0.15, 0.2) is 12.3 Å². The number of aromatic hydroxyl groups is 1. The Morgan fingerprint density at radius 1 is 1.34 bits per heavy atom. The smallest absolute Gasteiger partial charge is 0.241 e. The van der Waals surface area contributed by atoms with Crippen LogP contribution in [0.2, 0.25) is 0 Å². The standard InChI is InChI=1S/C21H31N5O3/c1-14-7-15(2)26(24-14)12-20(28)23-8-17-5-4-6-25(10-17)11-19-18(13-27)9-22-16(3)21(19)29/h7,9,17,27,29H,4-6,8,10-13H2,1-3H3,(H,23,28). The predicted molar refractivity (Wildman–Crippen MR) is 109 cm³/mol. The van der Waals surface area contributed by atoms with Crippen LogP contribution in [0.25, 0.3) is 0 Å². The molecule has 3 N–H and O–H groups in total. The SMILES string of the molecule is Cc1cc(C)n(CC(=O)NCC2CCCN(Cc3c(CO)cnc(C)c3O)C2)n1. The van der Waals surface area contributed by atoms with Crippen molar-refractivity contribution in [3.63, 3.8) is 0 Å². The van der Waals surface area contributed by atoms with E-state index < -0.39 is 0 Å². The van der Waals surface area contributed by atoms with Crippen LogP contribution in [0.4, 0.5) is 0 Å². The number of nitrogens with one attached hydrogen (secondary N) is 1. The molecule has 1 amide bonds. The lowest BCUT2D eigenvalue weighted by molar-refractivity contribution is -0.122. The Labute approximate surface area is 171 Å². The highest BCUT2D eigenvalue weighted by Crippen LogP contribution is 2.27. The van der Waals surface area contributed by atoms with Crippen LogP contribution in [0.3, 0.4) is 0 Å². The van der Waals surface area contributed by atoms with Gasteiger partial charge in [-0.3, -0.25) is 19.4 Å². The maximum absolute atomic E-state index is 12.3. The van der Waals surface area contributed by atoms with E-state index in [0.717, 1.165) is 42.9 Å². The monoisotopic (exact) mass is 401 g/mol. The molecule has 1 aliphatic rings. The van der Waals surface area contributed by atoms with Gasteiger partial charge in [0.05, 0.1) is 18.0 Å². The fourth-order valence-electron chi connectivity index (χ4n) is 3.97. The highest BCUT2D eigenvalue weighted by atomic mass is 16.3. The van der Waals surface area contributed by atoms with Crippen molar-refractivity contribution in [2.75, 3.05) is 19.6 Å². The number of aryl methyl sites for hydroxylation is 3. The number of rotatable bonds is 7. The number of hydrogen-bond acceptors (Lipinski definition) is 6. The van der Waals surface area contributed by atoms with Gasteiger partial charge >= 0.3 is 0 Å². The van der Waals surface area contributed by atoms with Gasteiger partial charge in [0, 0.05) is 42.7 Å². The molecule has 8 heteroatoms. The van der Waals surface area contributed by atoms with Gasteiger partial charge in [-0.05, 0) is 52.1 Å². The minimum absolute atomic E-state index is 0.0294. The fraction of sp³-hybridized carbons (Fsp3) is 0.571. The molecule has 0 radical (unpaired) electrons. The number of pyridine rings is 1. The molecule has 1 fully saturated rings. The molecule has 2 aromatic rings. The second-order valence-electron chi connectivity index (χ2n) is 7.99. The topological polar surface area (TPSA) is 104 Å². The number of aliphatic hydroxyl groups is 1. The zero-order chi connectivity index (χ0) is 21.0. The minimum atomic E-state index is -0.143. The molecule has 1 atom stereocenters. The van der Waals surface area contributed by atoms with Crippen molar-refractivity contribution in [1.29, 1.82) is 0 Å². The number of nitrogens with zero attached hydrogens (tertiary/aromatic N) is 4. The molecule has 0 spiro atoms. The van der Waals surface area contributed by atoms with Gasteiger partial charge in [0.15, 0.2) is 0 Å². The van der Waals surface area contributed by atoms with Crippen molar-refractivity contribution in [2.24, 2.45) is 5.92 Å². The predicted octanol–water partition coefficient (Wildman–Crippen LogP) is 1.43. The molecule has 29 heavy (non-hydrogen) atoms. The van der Waals surface area contributed by atoms with Crippen LogP contribution in [0, 0.1) is 26.7 Å². The molecule has 158 valence electrons. The van der Waals surface area contributed by atoms with Crippen LogP contribution >= 0.6 is 0 Å². The van der Waals surface area contributed by atoms with Crippen molar-refractivity contribution >= 4 is 5.91 Å². The van der Waals surface area contributed by atoms with E-state index in [2.05, 4.69) is 20.3 Å². The minimum Gasteiger partial charge on any atom is -0.506 e. The van der Waals surface area contributed by atoms with E-state index in [-0.39, 0.29) is 24.8 Å². The number of piperidine rings is 1. The average molecular weight is 402 g/mol. The summed E-state index contributed by atoms with van der Waals surface area (Å²) in [4.78, 5) is 18.7. The number of likely N-dealkylation sites (tertiary alicyclic amines) is 1. The number of hydrogen-bond donors (Lipinski definition) is 3. The Morgan fingerprint density at radius 2 is 2.14 bits per heavy atom. The lowest BCUT2D eigenvalue weighted by atomic mass is 9.97. The number of aromatic nitrogens is 3. The summed E-state index contributed by atoms with van der Waals surface area (Å²) < 4.78 is 1.73. The molecule has 1 aliphatic heterocycles. The fourth-order valence-corrected chi connectivity index (χ4v) is 3.97. The molecule has 0 aromatic carbocycles. The van der Waals surface area contributed by atoms with Crippen molar-refractivity contribution in [2.45, 2.75) is 53.3 Å². The Morgan fingerprint density at radius 3 is 2.83 bits per heavy atom. The van der Waals surface area contributed by atoms with Gasteiger partial charge in [0.25, 0.3) is 0 Å². The summed E-state index contributed by atoms with van der Waals surface area (Å²) in [5.41, 5.74) is 3.87. The molecule has 1 unspecified atom stereocenters. The van der Waals surface area contributed by atoms with Crippen molar-refractivity contribution in [3.8, 4) is 5.75 Å². The van der Waals surface area contributed by atoms with E-state index in [1.807, 2.05) is 19.9 Å². The summed E-state index contributed by atoms with van der Waals surface area (Å²) >= 11 is 0. The zero-order valence-corrected chi connectivity index (χ0v) is 17.5. The summed E-state index contributed by atoms with van der Waals surface area (Å²) in [6, 6.07) is 1.96. The number of amides is 1. The first kappa shape index (κ1) is 21.3. The van der Waals surface area contributed by atoms with Crippen LogP contribution in [-0.4, -0.2) is 55.4 Å². The van der Waals surface area contributed by atoms with Crippen molar-refractivity contribution < 1.29 is 15.0 Å². The van der Waals surface area contributed by atoms with Crippen molar-refractivity contribution in [1.82, 2.24) is 25.0 Å². The van der Waals surface area contributed by atoms with Gasteiger partial charge in [0.2, 0.25) is 5.91 Å². The molecule has 3 rings (SSSR count). The third-order valence-corrected chi connectivity index (χ3v) is 5.57. The normalized spacial score (nSPS) is 17.4. The highest BCUT2D eigenvalue weighted by Gasteiger charge is 2.23. The third kappa shape index (κ3) is 5.33. The molecule has 0 aliphatic carbocycles. The molecule has 2 aromatic heterocycles. The molecule has 1 saturated heterocycles. The number of carbonyl (C=O) groups excluding carboxylic acids is 1. The second-order valence-corrected chi connectivity index (χ2v) is 7.99. The summed E-state index contributed by atoms with van der Waals surface area (Å²) in [6.45, 7) is 8.69. The highest BCUT2D eigenvalue weighted by molar-refractivity contribution is 5.75. The molecular formula is C21H31N5O3. The van der Waals surface area contributed by atoms with Crippen LogP contribution in [0.1, 0.15) is 41.1 Å². The summed E-state index contributed by atoms with van der Waals surface area (Å²) in [5, 5.41) is 27.3. The number of aliphatic hydroxyl groups excluding tert-OH is 1. The first-order valence-corrected chi connectivity index (χ1v) is 10.1. The Bertz CT molecular complexity index is 864. The van der Waals surface area contributed by atoms with Gasteiger partial charge in [-0.25, -0.2) is 0 Å². The summed E-state index contributed by atoms with van der Waals surface area (Å²) in [6.07, 6.45) is 3.73. The van der Waals surface area contributed by atoms with E-state index in [9.17, 15) is 15.0 Å². The molecule has 0 bridgehead atoms. The van der Waals surface area contributed by atoms with E-state index in [1.54, 1.807) is 17.8 Å². The van der Waals surface area contributed by atoms with Gasteiger partial charge in [-0.15, -0.1) is 0 Å². The maximum Gasteiger partial charge on any atom is 0.241 e. The molecule has 0 saturated carbocycles. The Hall–Kier alpha value is -2.45. The van der Waals surface area contributed by atoms with E-state index in [1.165, 1.54) is 0 Å². The van der Waals surface area contributed by atoms with Crippen LogP contribution in [-0.2, 0) is 24.5 Å². The lowest BCUT2D eigenvalue weighted by Crippen LogP contribution is -2.41. The van der Waals surface area contributed by atoms with Crippen LogP contribution < -0.4 is 5.32 Å². The Kier molecular flexibility index (Phi) is 6.87. The lowest BCUT2D eigenvalue weighted by Gasteiger charge is -2.33. The van der Waals surface area contributed by atoms with Gasteiger partial charge in [0.1, 0.15) is 12.3 Å². The Balaban J connectivity index is 1.54. The first-order chi connectivity index (χ1) is 13.9. The first-order valence-electron chi connectivity index (χ1n) is 10.1. The van der Waals surface area contributed by atoms with Gasteiger partial charge < -0.3 is 15.5 Å². The summed E-state index contributed by atoms with van der Waals surface area (Å²) in [7, 11) is 0. The average Bonchev–Trinajstić information content (AvgIpc) is 3.01. The molecule has 8 nitrogen and oxygen atoms in total. The zero-order valence-electron chi connectivity index (χ0n) is 17.5. The molecule has 3 heterocycles. The quantitative estimate of drug-likeness (QED) is 0.649. The third-order valence-electron chi connectivity index (χ3n) is 5.57.